The number of aliphatic hydroxyl groups is 1. The van der Waals surface area contributed by atoms with Gasteiger partial charge < -0.3 is 15.3 Å². The number of nitrogens with two attached hydrogens (primary N) is 1. The van der Waals surface area contributed by atoms with E-state index in [0.717, 1.165) is 5.76 Å². The Morgan fingerprint density at radius 2 is 2.36 bits per heavy atom. The first-order chi connectivity index (χ1) is 5.24. The monoisotopic (exact) mass is 155 g/mol. The molecule has 0 aromatic carbocycles. The Hall–Kier alpha value is -0.800. The Labute approximate surface area is 65.8 Å². The van der Waals surface area contributed by atoms with Crippen LogP contribution in [0.3, 0.4) is 0 Å². The van der Waals surface area contributed by atoms with E-state index in [2.05, 4.69) is 0 Å². The van der Waals surface area contributed by atoms with Gasteiger partial charge in [0.05, 0.1) is 0 Å². The van der Waals surface area contributed by atoms with Gasteiger partial charge in [0.1, 0.15) is 17.6 Å². The number of aryl methyl sites for hydroxylation is 1. The minimum atomic E-state index is -0.548. The van der Waals surface area contributed by atoms with Crippen molar-refractivity contribution in [2.45, 2.75) is 19.4 Å². The molecule has 0 aliphatic carbocycles. The van der Waals surface area contributed by atoms with E-state index in [9.17, 15) is 5.11 Å². The second-order valence-electron chi connectivity index (χ2n) is 2.54. The van der Waals surface area contributed by atoms with E-state index >= 15 is 0 Å². The number of hydrogen-bond acceptors (Lipinski definition) is 3. The highest BCUT2D eigenvalue weighted by Gasteiger charge is 2.09. The third kappa shape index (κ3) is 2.06. The minimum Gasteiger partial charge on any atom is -0.464 e. The van der Waals surface area contributed by atoms with Crippen LogP contribution in [-0.4, -0.2) is 11.7 Å². The van der Waals surface area contributed by atoms with Gasteiger partial charge in [-0.1, -0.05) is 0 Å². The molecule has 0 unspecified atom stereocenters. The van der Waals surface area contributed by atoms with Gasteiger partial charge in [-0.25, -0.2) is 0 Å². The zero-order chi connectivity index (χ0) is 8.27. The highest BCUT2D eigenvalue weighted by molar-refractivity contribution is 5.07. The lowest BCUT2D eigenvalue weighted by Gasteiger charge is -2.03. The van der Waals surface area contributed by atoms with Crippen LogP contribution >= 0.6 is 0 Å². The first-order valence-corrected chi connectivity index (χ1v) is 3.68. The standard InChI is InChI=1S/C8H13NO2/c1-6-2-3-8(11-6)7(10)4-5-9/h2-3,7,10H,4-5,9H2,1H3/t7-/m0/s1. The molecular weight excluding hydrogens is 142 g/mol. The van der Waals surface area contributed by atoms with E-state index in [4.69, 9.17) is 10.2 Å². The van der Waals surface area contributed by atoms with Crippen LogP contribution in [-0.2, 0) is 0 Å². The molecule has 0 bridgehead atoms. The van der Waals surface area contributed by atoms with Crippen molar-refractivity contribution in [3.05, 3.63) is 23.7 Å². The second-order valence-corrected chi connectivity index (χ2v) is 2.54. The maximum Gasteiger partial charge on any atom is 0.132 e. The summed E-state index contributed by atoms with van der Waals surface area (Å²) in [4.78, 5) is 0. The quantitative estimate of drug-likeness (QED) is 0.683. The van der Waals surface area contributed by atoms with Gasteiger partial charge in [0.25, 0.3) is 0 Å². The zero-order valence-electron chi connectivity index (χ0n) is 6.58. The van der Waals surface area contributed by atoms with E-state index in [-0.39, 0.29) is 0 Å². The summed E-state index contributed by atoms with van der Waals surface area (Å²) in [6, 6.07) is 3.60. The fraction of sp³-hybridized carbons (Fsp3) is 0.500. The van der Waals surface area contributed by atoms with Gasteiger partial charge in [-0.05, 0) is 32.0 Å². The Bertz CT molecular complexity index is 220. The summed E-state index contributed by atoms with van der Waals surface area (Å²) in [5.74, 6) is 1.42. The molecule has 11 heavy (non-hydrogen) atoms. The summed E-state index contributed by atoms with van der Waals surface area (Å²) >= 11 is 0. The highest BCUT2D eigenvalue weighted by Crippen LogP contribution is 2.17. The zero-order valence-corrected chi connectivity index (χ0v) is 6.58. The van der Waals surface area contributed by atoms with E-state index in [1.807, 2.05) is 13.0 Å². The highest BCUT2D eigenvalue weighted by atomic mass is 16.4. The third-order valence-electron chi connectivity index (χ3n) is 1.53. The van der Waals surface area contributed by atoms with Crippen LogP contribution in [0.4, 0.5) is 0 Å². The van der Waals surface area contributed by atoms with Gasteiger partial charge in [0, 0.05) is 0 Å². The van der Waals surface area contributed by atoms with Crippen molar-refractivity contribution in [3.63, 3.8) is 0 Å². The van der Waals surface area contributed by atoms with Crippen molar-refractivity contribution < 1.29 is 9.52 Å². The summed E-state index contributed by atoms with van der Waals surface area (Å²) in [5.41, 5.74) is 5.27. The fourth-order valence-electron chi connectivity index (χ4n) is 0.933. The van der Waals surface area contributed by atoms with Crippen molar-refractivity contribution in [1.29, 1.82) is 0 Å². The number of aliphatic hydroxyl groups excluding tert-OH is 1. The van der Waals surface area contributed by atoms with Gasteiger partial charge in [-0.15, -0.1) is 0 Å². The smallest absolute Gasteiger partial charge is 0.132 e. The van der Waals surface area contributed by atoms with Crippen molar-refractivity contribution in [3.8, 4) is 0 Å². The molecule has 1 aromatic rings. The lowest BCUT2D eigenvalue weighted by Crippen LogP contribution is -2.05. The SMILES string of the molecule is Cc1ccc([C@@H](O)CCN)o1. The molecule has 3 nitrogen and oxygen atoms in total. The van der Waals surface area contributed by atoms with Crippen molar-refractivity contribution >= 4 is 0 Å². The maximum atomic E-state index is 9.36. The lowest BCUT2D eigenvalue weighted by molar-refractivity contribution is 0.141. The normalized spacial score (nSPS) is 13.4. The predicted octanol–water partition coefficient (Wildman–Crippen LogP) is 0.970. The molecule has 1 rings (SSSR count). The number of rotatable bonds is 3. The molecule has 0 saturated carbocycles. The van der Waals surface area contributed by atoms with Gasteiger partial charge in [0.2, 0.25) is 0 Å². The first kappa shape index (κ1) is 8.30. The molecule has 0 saturated heterocycles. The Morgan fingerprint density at radius 1 is 1.64 bits per heavy atom. The molecule has 0 amide bonds. The Morgan fingerprint density at radius 3 is 2.82 bits per heavy atom. The first-order valence-electron chi connectivity index (χ1n) is 3.68. The average Bonchev–Trinajstić information content (AvgIpc) is 2.36. The molecule has 1 heterocycles. The molecule has 62 valence electrons. The van der Waals surface area contributed by atoms with Crippen LogP contribution in [0.2, 0.25) is 0 Å². The van der Waals surface area contributed by atoms with E-state index in [0.29, 0.717) is 18.7 Å². The van der Waals surface area contributed by atoms with Gasteiger partial charge >= 0.3 is 0 Å². The minimum absolute atomic E-state index is 0.473. The molecule has 0 radical (unpaired) electrons. The summed E-state index contributed by atoms with van der Waals surface area (Å²) in [7, 11) is 0. The Kier molecular flexibility index (Phi) is 2.68. The number of hydrogen-bond donors (Lipinski definition) is 2. The molecule has 1 atom stereocenters. The molecular formula is C8H13NO2. The molecule has 0 aliphatic heterocycles. The Balaban J connectivity index is 2.60. The predicted molar refractivity (Wildman–Crippen MR) is 42.1 cm³/mol. The maximum absolute atomic E-state index is 9.36. The third-order valence-corrected chi connectivity index (χ3v) is 1.53. The summed E-state index contributed by atoms with van der Waals surface area (Å²) in [6.45, 7) is 2.32. The van der Waals surface area contributed by atoms with Gasteiger partial charge in [-0.3, -0.25) is 0 Å². The molecule has 3 heteroatoms. The lowest BCUT2D eigenvalue weighted by atomic mass is 10.2. The van der Waals surface area contributed by atoms with Crippen LogP contribution in [0.1, 0.15) is 24.0 Å². The van der Waals surface area contributed by atoms with Crippen LogP contribution in [0.5, 0.6) is 0 Å². The molecule has 0 spiro atoms. The largest absolute Gasteiger partial charge is 0.464 e. The van der Waals surface area contributed by atoms with Crippen LogP contribution < -0.4 is 5.73 Å². The van der Waals surface area contributed by atoms with Gasteiger partial charge in [-0.2, -0.15) is 0 Å². The van der Waals surface area contributed by atoms with Crippen molar-refractivity contribution in [2.24, 2.45) is 5.73 Å². The van der Waals surface area contributed by atoms with E-state index in [1.165, 1.54) is 0 Å². The van der Waals surface area contributed by atoms with E-state index in [1.54, 1.807) is 6.07 Å². The molecule has 1 aromatic heterocycles. The average molecular weight is 155 g/mol. The topological polar surface area (TPSA) is 59.4 Å². The van der Waals surface area contributed by atoms with Gasteiger partial charge in [0.15, 0.2) is 0 Å². The van der Waals surface area contributed by atoms with Crippen molar-refractivity contribution in [1.82, 2.24) is 0 Å². The fourth-order valence-corrected chi connectivity index (χ4v) is 0.933. The van der Waals surface area contributed by atoms with E-state index < -0.39 is 6.10 Å². The van der Waals surface area contributed by atoms with Crippen LogP contribution in [0.15, 0.2) is 16.5 Å². The molecule has 3 N–H and O–H groups in total. The number of furan rings is 1. The summed E-state index contributed by atoms with van der Waals surface area (Å²) in [5, 5.41) is 9.36. The summed E-state index contributed by atoms with van der Waals surface area (Å²) < 4.78 is 5.19. The molecule has 0 fully saturated rings. The van der Waals surface area contributed by atoms with Crippen LogP contribution in [0.25, 0.3) is 0 Å². The van der Waals surface area contributed by atoms with Crippen LogP contribution in [0, 0.1) is 6.92 Å². The second kappa shape index (κ2) is 3.55. The van der Waals surface area contributed by atoms with Crippen molar-refractivity contribution in [2.75, 3.05) is 6.54 Å². The molecule has 0 aliphatic rings. The summed E-state index contributed by atoms with van der Waals surface area (Å²) in [6.07, 6.45) is 0.00106.